The topological polar surface area (TPSA) is 73.6 Å². The smallest absolute Gasteiger partial charge is 0.266 e. The van der Waals surface area contributed by atoms with Crippen molar-refractivity contribution in [1.82, 2.24) is 4.90 Å². The number of thiocarbonyl (C=S) groups is 1. The molecule has 0 aromatic heterocycles. The van der Waals surface area contributed by atoms with Gasteiger partial charge in [0.2, 0.25) is 5.91 Å². The molecule has 6 nitrogen and oxygen atoms in total. The number of carbonyl (C=O) groups excluding carboxylic acids is 2. The van der Waals surface area contributed by atoms with E-state index < -0.39 is 0 Å². The first-order valence-corrected chi connectivity index (χ1v) is 11.4. The number of rotatable bonds is 9. The van der Waals surface area contributed by atoms with E-state index in [0.717, 1.165) is 11.3 Å². The highest BCUT2D eigenvalue weighted by molar-refractivity contribution is 8.26. The molecule has 3 rings (SSSR count). The molecule has 1 aliphatic heterocycles. The zero-order valence-corrected chi connectivity index (χ0v) is 19.3. The van der Waals surface area contributed by atoms with E-state index in [2.05, 4.69) is 6.07 Å². The van der Waals surface area contributed by atoms with E-state index in [-0.39, 0.29) is 24.7 Å². The fourth-order valence-electron chi connectivity index (χ4n) is 3.27. The molecule has 32 heavy (non-hydrogen) atoms. The van der Waals surface area contributed by atoms with Gasteiger partial charge in [-0.2, -0.15) is 5.26 Å². The molecule has 2 amide bonds. The minimum absolute atomic E-state index is 0.0798. The van der Waals surface area contributed by atoms with Gasteiger partial charge in [-0.25, -0.2) is 0 Å². The molecule has 1 aliphatic rings. The van der Waals surface area contributed by atoms with Crippen LogP contribution in [0.1, 0.15) is 24.8 Å². The summed E-state index contributed by atoms with van der Waals surface area (Å²) in [5.74, 6) is 0.482. The maximum absolute atomic E-state index is 12.8. The standard InChI is InChI=1S/C24H23N3O3S2/c1-30-20-11-5-8-18(16-20)17-21-23(29)27(24(31)32-21)14-6-12-22(28)26(15-7-13-25)19-9-3-2-4-10-19/h2-5,8-11,16-17H,6-7,12,14-15H2,1H3. The van der Waals surface area contributed by atoms with Crippen LogP contribution in [0.2, 0.25) is 0 Å². The van der Waals surface area contributed by atoms with Crippen molar-refractivity contribution >= 4 is 51.9 Å². The lowest BCUT2D eigenvalue weighted by atomic mass is 10.2. The minimum atomic E-state index is -0.153. The summed E-state index contributed by atoms with van der Waals surface area (Å²) in [6, 6.07) is 18.8. The number of para-hydroxylation sites is 1. The second kappa shape index (κ2) is 11.5. The van der Waals surface area contributed by atoms with Crippen molar-refractivity contribution in [3.8, 4) is 11.8 Å². The molecule has 0 unspecified atom stereocenters. The Bertz CT molecular complexity index is 1060. The molecule has 2 aromatic carbocycles. The van der Waals surface area contributed by atoms with Crippen LogP contribution in [0, 0.1) is 11.3 Å². The second-order valence-electron chi connectivity index (χ2n) is 7.00. The molecule has 2 aromatic rings. The number of anilines is 1. The van der Waals surface area contributed by atoms with E-state index in [1.165, 1.54) is 11.8 Å². The molecule has 0 aliphatic carbocycles. The summed E-state index contributed by atoms with van der Waals surface area (Å²) in [5, 5.41) is 8.92. The summed E-state index contributed by atoms with van der Waals surface area (Å²) in [6.07, 6.45) is 2.79. The van der Waals surface area contributed by atoms with Crippen molar-refractivity contribution in [2.75, 3.05) is 25.1 Å². The first-order valence-electron chi connectivity index (χ1n) is 10.1. The number of carbonyl (C=O) groups is 2. The Morgan fingerprint density at radius 3 is 2.75 bits per heavy atom. The van der Waals surface area contributed by atoms with Crippen LogP contribution in [-0.4, -0.2) is 41.2 Å². The SMILES string of the molecule is COc1cccc(C=C2SC(=S)N(CCCC(=O)N(CCC#N)c3ccccc3)C2=O)c1. The zero-order valence-electron chi connectivity index (χ0n) is 17.7. The van der Waals surface area contributed by atoms with Crippen molar-refractivity contribution in [2.45, 2.75) is 19.3 Å². The average Bonchev–Trinajstić information content (AvgIpc) is 3.07. The number of methoxy groups -OCH3 is 1. The Morgan fingerprint density at radius 1 is 1.25 bits per heavy atom. The summed E-state index contributed by atoms with van der Waals surface area (Å²) < 4.78 is 5.72. The first kappa shape index (κ1) is 23.5. The Hall–Kier alpha value is -3.15. The third kappa shape index (κ3) is 5.96. The maximum Gasteiger partial charge on any atom is 0.266 e. The van der Waals surface area contributed by atoms with Crippen LogP contribution in [0.5, 0.6) is 5.75 Å². The van der Waals surface area contributed by atoms with E-state index in [9.17, 15) is 9.59 Å². The van der Waals surface area contributed by atoms with Crippen molar-refractivity contribution in [2.24, 2.45) is 0 Å². The fraction of sp³-hybridized carbons (Fsp3) is 0.250. The Kier molecular flexibility index (Phi) is 8.42. The third-order valence-corrected chi connectivity index (χ3v) is 6.23. The van der Waals surface area contributed by atoms with E-state index in [0.29, 0.717) is 34.5 Å². The van der Waals surface area contributed by atoms with E-state index in [4.69, 9.17) is 22.2 Å². The van der Waals surface area contributed by atoms with Crippen molar-refractivity contribution in [3.63, 3.8) is 0 Å². The lowest BCUT2D eigenvalue weighted by Gasteiger charge is -2.22. The number of thioether (sulfide) groups is 1. The minimum Gasteiger partial charge on any atom is -0.497 e. The van der Waals surface area contributed by atoms with Gasteiger partial charge in [0.15, 0.2) is 0 Å². The van der Waals surface area contributed by atoms with Crippen LogP contribution in [0.3, 0.4) is 0 Å². The summed E-state index contributed by atoms with van der Waals surface area (Å²) in [5.41, 5.74) is 1.62. The van der Waals surface area contributed by atoms with Gasteiger partial charge >= 0.3 is 0 Å². The molecule has 1 fully saturated rings. The Balaban J connectivity index is 1.60. The van der Waals surface area contributed by atoms with Gasteiger partial charge in [0.25, 0.3) is 5.91 Å². The van der Waals surface area contributed by atoms with Crippen LogP contribution in [0.15, 0.2) is 59.5 Å². The van der Waals surface area contributed by atoms with Crippen LogP contribution < -0.4 is 9.64 Å². The summed E-state index contributed by atoms with van der Waals surface area (Å²) in [7, 11) is 1.60. The van der Waals surface area contributed by atoms with E-state index in [1.54, 1.807) is 23.0 Å². The third-order valence-electron chi connectivity index (χ3n) is 4.85. The number of hydrogen-bond donors (Lipinski definition) is 0. The molecular formula is C24H23N3O3S2. The molecular weight excluding hydrogens is 442 g/mol. The normalized spacial score (nSPS) is 14.5. The molecule has 0 radical (unpaired) electrons. The van der Waals surface area contributed by atoms with Crippen LogP contribution in [-0.2, 0) is 9.59 Å². The zero-order chi connectivity index (χ0) is 22.9. The predicted molar refractivity (Wildman–Crippen MR) is 131 cm³/mol. The number of hydrogen-bond acceptors (Lipinski definition) is 6. The van der Waals surface area contributed by atoms with Gasteiger partial charge < -0.3 is 9.64 Å². The molecule has 0 N–H and O–H groups in total. The quantitative estimate of drug-likeness (QED) is 0.397. The Morgan fingerprint density at radius 2 is 2.03 bits per heavy atom. The van der Waals surface area contributed by atoms with Gasteiger partial charge in [0.1, 0.15) is 10.1 Å². The van der Waals surface area contributed by atoms with Gasteiger partial charge in [-0.05, 0) is 42.3 Å². The predicted octanol–water partition coefficient (Wildman–Crippen LogP) is 4.62. The highest BCUT2D eigenvalue weighted by Crippen LogP contribution is 2.33. The molecule has 0 spiro atoms. The Labute approximate surface area is 197 Å². The number of amides is 2. The molecule has 0 saturated carbocycles. The van der Waals surface area contributed by atoms with E-state index in [1.807, 2.05) is 54.6 Å². The van der Waals surface area contributed by atoms with Gasteiger partial charge in [0, 0.05) is 25.2 Å². The summed E-state index contributed by atoms with van der Waals surface area (Å²) >= 11 is 6.66. The molecule has 0 bridgehead atoms. The summed E-state index contributed by atoms with van der Waals surface area (Å²) in [6.45, 7) is 0.705. The molecule has 164 valence electrons. The number of nitrogens with zero attached hydrogens (tertiary/aromatic N) is 3. The number of ether oxygens (including phenoxy) is 1. The van der Waals surface area contributed by atoms with E-state index >= 15 is 0 Å². The second-order valence-corrected chi connectivity index (χ2v) is 8.68. The van der Waals surface area contributed by atoms with Crippen LogP contribution >= 0.6 is 24.0 Å². The fourth-order valence-corrected chi connectivity index (χ4v) is 4.57. The average molecular weight is 466 g/mol. The van der Waals surface area contributed by atoms with Gasteiger partial charge in [-0.1, -0.05) is 54.3 Å². The molecule has 8 heteroatoms. The highest BCUT2D eigenvalue weighted by atomic mass is 32.2. The van der Waals surface area contributed by atoms with Crippen molar-refractivity contribution < 1.29 is 14.3 Å². The molecule has 0 atom stereocenters. The van der Waals surface area contributed by atoms with Crippen LogP contribution in [0.25, 0.3) is 6.08 Å². The summed E-state index contributed by atoms with van der Waals surface area (Å²) in [4.78, 5) is 29.4. The number of benzene rings is 2. The van der Waals surface area contributed by atoms with Crippen molar-refractivity contribution in [3.05, 3.63) is 65.1 Å². The lowest BCUT2D eigenvalue weighted by Crippen LogP contribution is -2.33. The lowest BCUT2D eigenvalue weighted by molar-refractivity contribution is -0.123. The van der Waals surface area contributed by atoms with Gasteiger partial charge in [-0.3, -0.25) is 14.5 Å². The van der Waals surface area contributed by atoms with Gasteiger partial charge in [-0.15, -0.1) is 0 Å². The van der Waals surface area contributed by atoms with Crippen molar-refractivity contribution in [1.29, 1.82) is 5.26 Å². The molecule has 1 saturated heterocycles. The van der Waals surface area contributed by atoms with Gasteiger partial charge in [0.05, 0.1) is 24.5 Å². The maximum atomic E-state index is 12.8. The first-order chi connectivity index (χ1) is 15.5. The monoisotopic (exact) mass is 465 g/mol. The highest BCUT2D eigenvalue weighted by Gasteiger charge is 2.31. The molecule has 1 heterocycles. The largest absolute Gasteiger partial charge is 0.497 e. The van der Waals surface area contributed by atoms with Crippen LogP contribution in [0.4, 0.5) is 5.69 Å². The number of nitriles is 1.